The standard InChI is InChI=1S/C14H10BrF3O2.C7H4BrF3O2/c15-12-7-6-11(8-13(12)20-14(16,17)18)19-9-10-4-2-1-3-5-10;8-5-2-1-4(12)3-6(5)13-7(9,10)11/h1-8H,9H2;1-3,12H. The monoisotopic (exact) mass is 602 g/mol. The van der Waals surface area contributed by atoms with Gasteiger partial charge in [-0.2, -0.15) is 0 Å². The van der Waals surface area contributed by atoms with E-state index < -0.39 is 18.5 Å². The molecule has 0 amide bonds. The van der Waals surface area contributed by atoms with Gasteiger partial charge in [-0.15, -0.1) is 26.3 Å². The van der Waals surface area contributed by atoms with Gasteiger partial charge in [0.15, 0.2) is 0 Å². The Morgan fingerprint density at radius 1 is 0.697 bits per heavy atom. The van der Waals surface area contributed by atoms with Gasteiger partial charge in [-0.3, -0.25) is 0 Å². The van der Waals surface area contributed by atoms with Crippen molar-refractivity contribution in [2.24, 2.45) is 0 Å². The Morgan fingerprint density at radius 3 is 1.76 bits per heavy atom. The van der Waals surface area contributed by atoms with Gasteiger partial charge >= 0.3 is 12.7 Å². The van der Waals surface area contributed by atoms with Crippen molar-refractivity contribution in [3.05, 3.63) is 81.2 Å². The second-order valence-electron chi connectivity index (χ2n) is 6.08. The van der Waals surface area contributed by atoms with Crippen molar-refractivity contribution in [3.63, 3.8) is 0 Å². The van der Waals surface area contributed by atoms with Crippen LogP contribution in [0, 0.1) is 0 Å². The van der Waals surface area contributed by atoms with E-state index in [2.05, 4.69) is 41.3 Å². The molecule has 3 aromatic carbocycles. The number of phenols is 1. The summed E-state index contributed by atoms with van der Waals surface area (Å²) >= 11 is 5.85. The maximum Gasteiger partial charge on any atom is 0.573 e. The number of hydrogen-bond donors (Lipinski definition) is 1. The fourth-order valence-corrected chi connectivity index (χ4v) is 2.87. The van der Waals surface area contributed by atoms with E-state index in [1.807, 2.05) is 30.3 Å². The summed E-state index contributed by atoms with van der Waals surface area (Å²) in [5.74, 6) is -0.783. The molecule has 0 aliphatic rings. The molecule has 12 heteroatoms. The third-order valence-corrected chi connectivity index (χ3v) is 4.83. The van der Waals surface area contributed by atoms with Crippen molar-refractivity contribution in [1.82, 2.24) is 0 Å². The minimum Gasteiger partial charge on any atom is -0.508 e. The lowest BCUT2D eigenvalue weighted by Crippen LogP contribution is -2.17. The van der Waals surface area contributed by atoms with Crippen LogP contribution >= 0.6 is 31.9 Å². The number of ether oxygens (including phenoxy) is 3. The molecule has 0 radical (unpaired) electrons. The number of hydrogen-bond acceptors (Lipinski definition) is 4. The molecule has 0 bridgehead atoms. The highest BCUT2D eigenvalue weighted by atomic mass is 79.9. The Bertz CT molecular complexity index is 1040. The Balaban J connectivity index is 0.000000257. The molecule has 0 aliphatic heterocycles. The first-order valence-corrected chi connectivity index (χ1v) is 10.4. The topological polar surface area (TPSA) is 47.9 Å². The first-order chi connectivity index (χ1) is 15.3. The van der Waals surface area contributed by atoms with E-state index in [4.69, 9.17) is 9.84 Å². The number of halogens is 8. The van der Waals surface area contributed by atoms with Crippen molar-refractivity contribution in [2.75, 3.05) is 0 Å². The Morgan fingerprint density at radius 2 is 1.21 bits per heavy atom. The van der Waals surface area contributed by atoms with Gasteiger partial charge < -0.3 is 19.3 Å². The van der Waals surface area contributed by atoms with Crippen molar-refractivity contribution in [2.45, 2.75) is 19.3 Å². The van der Waals surface area contributed by atoms with Crippen LogP contribution in [0.1, 0.15) is 5.56 Å². The summed E-state index contributed by atoms with van der Waals surface area (Å²) < 4.78 is 85.1. The average molecular weight is 604 g/mol. The summed E-state index contributed by atoms with van der Waals surface area (Å²) in [6, 6.07) is 16.9. The van der Waals surface area contributed by atoms with Crippen LogP contribution in [-0.4, -0.2) is 17.8 Å². The predicted octanol–water partition coefficient (Wildman–Crippen LogP) is 7.98. The van der Waals surface area contributed by atoms with E-state index in [-0.39, 0.29) is 27.1 Å². The molecule has 0 saturated heterocycles. The second-order valence-corrected chi connectivity index (χ2v) is 7.79. The molecule has 0 heterocycles. The summed E-state index contributed by atoms with van der Waals surface area (Å²) in [7, 11) is 0. The molecule has 3 aromatic rings. The molecular weight excluding hydrogens is 590 g/mol. The van der Waals surface area contributed by atoms with Crippen molar-refractivity contribution in [1.29, 1.82) is 0 Å². The quantitative estimate of drug-likeness (QED) is 0.300. The van der Waals surface area contributed by atoms with Crippen molar-refractivity contribution < 1.29 is 45.7 Å². The van der Waals surface area contributed by atoms with Crippen molar-refractivity contribution >= 4 is 31.9 Å². The molecule has 4 nitrogen and oxygen atoms in total. The summed E-state index contributed by atoms with van der Waals surface area (Å²) in [6.45, 7) is 0.272. The smallest absolute Gasteiger partial charge is 0.508 e. The lowest BCUT2D eigenvalue weighted by molar-refractivity contribution is -0.276. The van der Waals surface area contributed by atoms with Crippen LogP contribution in [0.4, 0.5) is 26.3 Å². The Labute approximate surface area is 201 Å². The highest BCUT2D eigenvalue weighted by Crippen LogP contribution is 2.34. The zero-order valence-corrected chi connectivity index (χ0v) is 19.4. The van der Waals surface area contributed by atoms with Crippen LogP contribution in [0.5, 0.6) is 23.0 Å². The van der Waals surface area contributed by atoms with Crippen LogP contribution in [0.2, 0.25) is 0 Å². The van der Waals surface area contributed by atoms with Crippen LogP contribution in [0.15, 0.2) is 75.7 Å². The van der Waals surface area contributed by atoms with Gasteiger partial charge in [0.2, 0.25) is 0 Å². The van der Waals surface area contributed by atoms with Gasteiger partial charge in [0.05, 0.1) is 8.95 Å². The molecule has 0 unspecified atom stereocenters. The molecule has 3 rings (SSSR count). The number of benzene rings is 3. The molecule has 0 atom stereocenters. The number of aromatic hydroxyl groups is 1. The van der Waals surface area contributed by atoms with Gasteiger partial charge in [0.25, 0.3) is 0 Å². The van der Waals surface area contributed by atoms with E-state index in [0.717, 1.165) is 11.6 Å². The minimum absolute atomic E-state index is 0.127. The van der Waals surface area contributed by atoms with Gasteiger partial charge in [-0.25, -0.2) is 0 Å². The fourth-order valence-electron chi connectivity index (χ4n) is 2.21. The summed E-state index contributed by atoms with van der Waals surface area (Å²) in [6.07, 6.45) is -9.49. The fraction of sp³-hybridized carbons (Fsp3) is 0.143. The summed E-state index contributed by atoms with van der Waals surface area (Å²) in [4.78, 5) is 0. The van der Waals surface area contributed by atoms with E-state index >= 15 is 0 Å². The molecule has 0 aliphatic carbocycles. The predicted molar refractivity (Wildman–Crippen MR) is 114 cm³/mol. The minimum atomic E-state index is -4.75. The van der Waals surface area contributed by atoms with Crippen LogP contribution < -0.4 is 14.2 Å². The van der Waals surface area contributed by atoms with E-state index in [0.29, 0.717) is 5.75 Å². The molecule has 0 aromatic heterocycles. The summed E-state index contributed by atoms with van der Waals surface area (Å²) in [5, 5.41) is 8.87. The van der Waals surface area contributed by atoms with Gasteiger partial charge in [-0.1, -0.05) is 30.3 Å². The Hall–Kier alpha value is -2.60. The molecule has 1 N–H and O–H groups in total. The molecule has 0 fully saturated rings. The highest BCUT2D eigenvalue weighted by molar-refractivity contribution is 9.10. The number of phenolic OH excluding ortho intramolecular Hbond substituents is 1. The van der Waals surface area contributed by atoms with E-state index in [1.165, 1.54) is 24.3 Å². The number of alkyl halides is 6. The van der Waals surface area contributed by atoms with Crippen LogP contribution in [0.25, 0.3) is 0 Å². The Kier molecular flexibility index (Phi) is 9.29. The van der Waals surface area contributed by atoms with Crippen LogP contribution in [0.3, 0.4) is 0 Å². The molecule has 0 spiro atoms. The maximum absolute atomic E-state index is 12.2. The molecular formula is C21H14Br2F6O4. The highest BCUT2D eigenvalue weighted by Gasteiger charge is 2.32. The van der Waals surface area contributed by atoms with Crippen LogP contribution in [-0.2, 0) is 6.61 Å². The average Bonchev–Trinajstić information content (AvgIpc) is 2.70. The molecule has 178 valence electrons. The third-order valence-electron chi connectivity index (χ3n) is 3.52. The summed E-state index contributed by atoms with van der Waals surface area (Å²) in [5.41, 5.74) is 0.925. The molecule has 0 saturated carbocycles. The lowest BCUT2D eigenvalue weighted by atomic mass is 10.2. The zero-order chi connectivity index (χ0) is 24.6. The largest absolute Gasteiger partial charge is 0.573 e. The van der Waals surface area contributed by atoms with Gasteiger partial charge in [0.1, 0.15) is 29.6 Å². The second kappa shape index (κ2) is 11.5. The van der Waals surface area contributed by atoms with Crippen molar-refractivity contribution in [3.8, 4) is 23.0 Å². The lowest BCUT2D eigenvalue weighted by Gasteiger charge is -2.12. The normalized spacial score (nSPS) is 11.3. The van der Waals surface area contributed by atoms with Gasteiger partial charge in [-0.05, 0) is 61.7 Å². The first-order valence-electron chi connectivity index (χ1n) is 8.79. The number of rotatable bonds is 5. The zero-order valence-electron chi connectivity index (χ0n) is 16.3. The maximum atomic E-state index is 12.2. The van der Waals surface area contributed by atoms with E-state index in [1.54, 1.807) is 6.07 Å². The van der Waals surface area contributed by atoms with Gasteiger partial charge in [0, 0.05) is 12.1 Å². The van der Waals surface area contributed by atoms with E-state index in [9.17, 15) is 26.3 Å². The molecule has 33 heavy (non-hydrogen) atoms. The SMILES string of the molecule is FC(F)(F)Oc1cc(OCc2ccccc2)ccc1Br.Oc1ccc(Br)c(OC(F)(F)F)c1. The third kappa shape index (κ3) is 10.3. The first kappa shape index (κ1) is 26.7.